The minimum absolute atomic E-state index is 0.00408. The molecule has 6 rings (SSSR count). The van der Waals surface area contributed by atoms with Gasteiger partial charge < -0.3 is 10.2 Å². The average Bonchev–Trinajstić information content (AvgIpc) is 3.51. The van der Waals surface area contributed by atoms with E-state index in [-0.39, 0.29) is 17.4 Å². The minimum atomic E-state index is -0.628. The lowest BCUT2D eigenvalue weighted by atomic mass is 10.1. The zero-order chi connectivity index (χ0) is 28.5. The zero-order valence-corrected chi connectivity index (χ0v) is 23.8. The fourth-order valence-corrected chi connectivity index (χ4v) is 6.59. The first-order chi connectivity index (χ1) is 19.9. The molecule has 2 atom stereocenters. The molecule has 41 heavy (non-hydrogen) atoms. The highest BCUT2D eigenvalue weighted by atomic mass is 35.5. The Morgan fingerprint density at radius 1 is 0.878 bits per heavy atom. The van der Waals surface area contributed by atoms with Crippen molar-refractivity contribution < 1.29 is 15.0 Å². The number of fused-ring (bicyclic) bond motifs is 1. The van der Waals surface area contributed by atoms with Crippen molar-refractivity contribution in [3.05, 3.63) is 95.5 Å². The molecule has 1 amide bonds. The molecule has 4 aromatic carbocycles. The molecule has 1 aliphatic heterocycles. The highest BCUT2D eigenvalue weighted by Crippen LogP contribution is 2.51. The molecule has 0 radical (unpaired) electrons. The van der Waals surface area contributed by atoms with Crippen molar-refractivity contribution in [3.63, 3.8) is 0 Å². The predicted molar refractivity (Wildman–Crippen MR) is 163 cm³/mol. The first kappa shape index (κ1) is 26.9. The fraction of sp³-hybridized carbons (Fsp3) is 0.103. The summed E-state index contributed by atoms with van der Waals surface area (Å²) >= 11 is 8.87. The fourth-order valence-electron chi connectivity index (χ4n) is 4.33. The van der Waals surface area contributed by atoms with Gasteiger partial charge >= 0.3 is 0 Å². The monoisotopic (exact) mass is 600 g/mol. The van der Waals surface area contributed by atoms with E-state index in [1.54, 1.807) is 49.4 Å². The highest BCUT2D eigenvalue weighted by Gasteiger charge is 2.42. The smallest absolute Gasteiger partial charge is 0.241 e. The summed E-state index contributed by atoms with van der Waals surface area (Å²) in [5, 5.41) is 38.5. The first-order valence-electron chi connectivity index (χ1n) is 12.4. The van der Waals surface area contributed by atoms with Crippen LogP contribution in [0.2, 0.25) is 5.02 Å². The van der Waals surface area contributed by atoms with Crippen molar-refractivity contribution in [1.29, 1.82) is 0 Å². The number of halogens is 1. The van der Waals surface area contributed by atoms with Crippen molar-refractivity contribution in [2.75, 3.05) is 4.90 Å². The number of thioether (sulfide) groups is 1. The zero-order valence-electron chi connectivity index (χ0n) is 21.4. The predicted octanol–water partition coefficient (Wildman–Crippen LogP) is 9.36. The summed E-state index contributed by atoms with van der Waals surface area (Å²) in [7, 11) is 0. The van der Waals surface area contributed by atoms with Gasteiger partial charge in [-0.3, -0.25) is 9.69 Å². The summed E-state index contributed by atoms with van der Waals surface area (Å²) in [6.07, 6.45) is 0. The van der Waals surface area contributed by atoms with Gasteiger partial charge in [-0.1, -0.05) is 41.1 Å². The van der Waals surface area contributed by atoms with E-state index in [0.29, 0.717) is 38.5 Å². The van der Waals surface area contributed by atoms with Gasteiger partial charge in [-0.05, 0) is 67.6 Å². The maximum Gasteiger partial charge on any atom is 0.241 e. The summed E-state index contributed by atoms with van der Waals surface area (Å²) in [4.78, 5) is 19.5. The second-order valence-corrected chi connectivity index (χ2v) is 12.0. The standard InChI is InChI=1S/C29H21ClN6O3S2/c1-16-27(39)36(24-15-20(37)10-11-22(24)34-32-18-6-4-5-17(30)13-18)28(40-16)21-14-19(9-12-25(21)38)33-35-29-31-23-7-2-3-8-26(23)41-29/h2-16,28,37-38H,1H3. The molecule has 1 saturated heterocycles. The van der Waals surface area contributed by atoms with Crippen molar-refractivity contribution in [2.45, 2.75) is 17.5 Å². The number of aromatic nitrogens is 1. The summed E-state index contributed by atoms with van der Waals surface area (Å²) in [6.45, 7) is 1.80. The maximum absolute atomic E-state index is 13.5. The number of anilines is 1. The third-order valence-electron chi connectivity index (χ3n) is 6.26. The molecular weight excluding hydrogens is 580 g/mol. The molecule has 1 aliphatic rings. The second-order valence-electron chi connectivity index (χ2n) is 9.10. The molecule has 9 nitrogen and oxygen atoms in total. The Bertz CT molecular complexity index is 1810. The van der Waals surface area contributed by atoms with Crippen LogP contribution in [0.3, 0.4) is 0 Å². The number of aromatic hydroxyl groups is 2. The number of thiazole rings is 1. The van der Waals surface area contributed by atoms with Crippen LogP contribution in [0, 0.1) is 0 Å². The number of benzene rings is 4. The van der Waals surface area contributed by atoms with E-state index in [1.807, 2.05) is 24.3 Å². The quantitative estimate of drug-likeness (QED) is 0.188. The Morgan fingerprint density at radius 3 is 2.51 bits per heavy atom. The lowest BCUT2D eigenvalue weighted by Gasteiger charge is -2.26. The van der Waals surface area contributed by atoms with Crippen LogP contribution in [-0.2, 0) is 4.79 Å². The van der Waals surface area contributed by atoms with Gasteiger partial charge in [-0.25, -0.2) is 4.98 Å². The van der Waals surface area contributed by atoms with E-state index in [1.165, 1.54) is 46.2 Å². The molecule has 1 fully saturated rings. The van der Waals surface area contributed by atoms with Crippen LogP contribution in [0.25, 0.3) is 10.2 Å². The molecule has 0 saturated carbocycles. The number of azo groups is 2. The molecule has 0 aliphatic carbocycles. The SMILES string of the molecule is CC1SC(c2cc(N=Nc3nc4ccccc4s3)ccc2O)N(c2cc(O)ccc2N=Nc2cccc(Cl)c2)C1=O. The van der Waals surface area contributed by atoms with E-state index in [9.17, 15) is 15.0 Å². The number of nitrogens with zero attached hydrogens (tertiary/aromatic N) is 6. The van der Waals surface area contributed by atoms with Crippen LogP contribution in [0.15, 0.2) is 105 Å². The van der Waals surface area contributed by atoms with Crippen LogP contribution in [0.1, 0.15) is 17.9 Å². The summed E-state index contributed by atoms with van der Waals surface area (Å²) in [6, 6.07) is 24.0. The summed E-state index contributed by atoms with van der Waals surface area (Å²) < 4.78 is 1.01. The van der Waals surface area contributed by atoms with Gasteiger partial charge in [0.1, 0.15) is 22.6 Å². The number of hydrogen-bond donors (Lipinski definition) is 2. The van der Waals surface area contributed by atoms with Crippen molar-refractivity contribution in [3.8, 4) is 11.5 Å². The lowest BCUT2D eigenvalue weighted by molar-refractivity contribution is -0.117. The van der Waals surface area contributed by atoms with Crippen LogP contribution in [0.5, 0.6) is 11.5 Å². The molecule has 204 valence electrons. The molecule has 12 heteroatoms. The number of carbonyl (C=O) groups excluding carboxylic acids is 1. The largest absolute Gasteiger partial charge is 0.508 e. The van der Waals surface area contributed by atoms with E-state index in [0.717, 1.165) is 10.2 Å². The molecular formula is C29H21ClN6O3S2. The second kappa shape index (κ2) is 11.3. The molecule has 2 N–H and O–H groups in total. The van der Waals surface area contributed by atoms with Gasteiger partial charge in [-0.2, -0.15) is 5.11 Å². The number of para-hydroxylation sites is 1. The summed E-state index contributed by atoms with van der Waals surface area (Å²) in [5.74, 6) is -0.248. The maximum atomic E-state index is 13.5. The molecule has 0 bridgehead atoms. The van der Waals surface area contributed by atoms with Gasteiger partial charge in [-0.15, -0.1) is 27.1 Å². The number of phenolic OH excluding ortho intramolecular Hbond substituents is 2. The van der Waals surface area contributed by atoms with Crippen molar-refractivity contribution in [2.24, 2.45) is 20.5 Å². The van der Waals surface area contributed by atoms with E-state index in [2.05, 4.69) is 25.4 Å². The van der Waals surface area contributed by atoms with Gasteiger partial charge in [0.25, 0.3) is 0 Å². The Hall–Kier alpha value is -4.32. The normalized spacial score (nSPS) is 17.4. The number of amides is 1. The molecule has 0 spiro atoms. The Kier molecular flexibility index (Phi) is 7.39. The first-order valence-corrected chi connectivity index (χ1v) is 14.6. The molecule has 1 aromatic heterocycles. The number of carbonyl (C=O) groups is 1. The molecule has 5 aromatic rings. The average molecular weight is 601 g/mol. The minimum Gasteiger partial charge on any atom is -0.508 e. The van der Waals surface area contributed by atoms with Gasteiger partial charge in [0.15, 0.2) is 0 Å². The van der Waals surface area contributed by atoms with Crippen molar-refractivity contribution >= 4 is 78.7 Å². The Morgan fingerprint density at radius 2 is 1.68 bits per heavy atom. The Labute approximate surface area is 247 Å². The van der Waals surface area contributed by atoms with Crippen LogP contribution < -0.4 is 4.90 Å². The van der Waals surface area contributed by atoms with Crippen LogP contribution >= 0.6 is 34.7 Å². The summed E-state index contributed by atoms with van der Waals surface area (Å²) in [5.41, 5.74) is 3.05. The molecule has 2 unspecified atom stereocenters. The van der Waals surface area contributed by atoms with Gasteiger partial charge in [0.05, 0.1) is 32.5 Å². The number of phenols is 2. The third kappa shape index (κ3) is 5.64. The topological polar surface area (TPSA) is 123 Å². The lowest BCUT2D eigenvalue weighted by Crippen LogP contribution is -2.30. The number of rotatable bonds is 6. The van der Waals surface area contributed by atoms with Crippen molar-refractivity contribution in [1.82, 2.24) is 4.98 Å². The highest BCUT2D eigenvalue weighted by molar-refractivity contribution is 8.01. The molecule has 2 heterocycles. The number of hydrogen-bond acceptors (Lipinski definition) is 10. The van der Waals surface area contributed by atoms with Crippen LogP contribution in [0.4, 0.5) is 27.9 Å². The van der Waals surface area contributed by atoms with Gasteiger partial charge in [0.2, 0.25) is 11.0 Å². The van der Waals surface area contributed by atoms with Gasteiger partial charge in [0, 0.05) is 16.7 Å². The van der Waals surface area contributed by atoms with E-state index in [4.69, 9.17) is 11.6 Å². The third-order valence-corrected chi connectivity index (χ3v) is 8.75. The van der Waals surface area contributed by atoms with E-state index < -0.39 is 10.6 Å². The van der Waals surface area contributed by atoms with Crippen LogP contribution in [-0.4, -0.2) is 26.4 Å². The Balaban J connectivity index is 1.36. The van der Waals surface area contributed by atoms with E-state index >= 15 is 0 Å².